The third kappa shape index (κ3) is 3.59. The fraction of sp³-hybridized carbons (Fsp3) is 0.111. The molecule has 2 aromatic carbocycles. The largest absolute Gasteiger partial charge is 0.493 e. The summed E-state index contributed by atoms with van der Waals surface area (Å²) < 4.78 is 10.4. The Morgan fingerprint density at radius 3 is 2.60 bits per heavy atom. The van der Waals surface area contributed by atoms with Crippen LogP contribution in [0.25, 0.3) is 10.9 Å². The van der Waals surface area contributed by atoms with Crippen molar-refractivity contribution in [2.24, 2.45) is 0 Å². The number of amides is 1. The number of methoxy groups -OCH3 is 2. The molecule has 7 heteroatoms. The average Bonchev–Trinajstić information content (AvgIpc) is 2.65. The highest BCUT2D eigenvalue weighted by Crippen LogP contribution is 2.28. The molecule has 2 N–H and O–H groups in total. The third-order valence-corrected chi connectivity index (χ3v) is 3.90. The Kier molecular flexibility index (Phi) is 4.90. The van der Waals surface area contributed by atoms with Gasteiger partial charge >= 0.3 is 0 Å². The summed E-state index contributed by atoms with van der Waals surface area (Å²) in [5.41, 5.74) is 7.47. The van der Waals surface area contributed by atoms with E-state index in [4.69, 9.17) is 21.1 Å². The predicted molar refractivity (Wildman–Crippen MR) is 97.4 cm³/mol. The standard InChI is InChI=1S/C18H16ClN3O3/c1-24-16-6-3-11(9-17(16)25-2)18(23)22-21-14-7-8-20-15-10-12(19)4-5-13(14)15/h3-10H,1-2H3,(H,20,21)(H,22,23). The number of nitrogens with zero attached hydrogens (tertiary/aromatic N) is 1. The second-order valence-corrected chi connectivity index (χ2v) is 5.61. The topological polar surface area (TPSA) is 72.5 Å². The van der Waals surface area contributed by atoms with Gasteiger partial charge in [0.2, 0.25) is 0 Å². The predicted octanol–water partition coefficient (Wildman–Crippen LogP) is 3.66. The van der Waals surface area contributed by atoms with E-state index in [9.17, 15) is 4.79 Å². The molecule has 6 nitrogen and oxygen atoms in total. The van der Waals surface area contributed by atoms with Crippen molar-refractivity contribution >= 4 is 34.1 Å². The van der Waals surface area contributed by atoms with E-state index in [0.29, 0.717) is 22.1 Å². The first-order valence-electron chi connectivity index (χ1n) is 7.45. The van der Waals surface area contributed by atoms with Crippen LogP contribution in [-0.4, -0.2) is 25.1 Å². The minimum atomic E-state index is -0.306. The van der Waals surface area contributed by atoms with E-state index < -0.39 is 0 Å². The van der Waals surface area contributed by atoms with Crippen LogP contribution in [0.3, 0.4) is 0 Å². The van der Waals surface area contributed by atoms with Gasteiger partial charge in [-0.15, -0.1) is 0 Å². The lowest BCUT2D eigenvalue weighted by Crippen LogP contribution is -2.29. The van der Waals surface area contributed by atoms with Gasteiger partial charge in [-0.2, -0.15) is 0 Å². The van der Waals surface area contributed by atoms with Crippen LogP contribution >= 0.6 is 11.6 Å². The lowest BCUT2D eigenvalue weighted by Gasteiger charge is -2.12. The molecule has 1 aromatic heterocycles. The van der Waals surface area contributed by atoms with Gasteiger partial charge < -0.3 is 9.47 Å². The molecule has 0 unspecified atom stereocenters. The quantitative estimate of drug-likeness (QED) is 0.682. The summed E-state index contributed by atoms with van der Waals surface area (Å²) in [6.45, 7) is 0. The van der Waals surface area contributed by atoms with E-state index in [0.717, 1.165) is 16.6 Å². The van der Waals surface area contributed by atoms with Crippen LogP contribution in [-0.2, 0) is 0 Å². The molecule has 1 amide bonds. The maximum absolute atomic E-state index is 12.4. The molecule has 0 fully saturated rings. The van der Waals surface area contributed by atoms with E-state index in [2.05, 4.69) is 15.8 Å². The molecule has 3 rings (SSSR count). The summed E-state index contributed by atoms with van der Waals surface area (Å²) in [6.07, 6.45) is 1.64. The van der Waals surface area contributed by atoms with Crippen molar-refractivity contribution < 1.29 is 14.3 Å². The number of anilines is 1. The molecule has 0 saturated carbocycles. The second kappa shape index (κ2) is 7.27. The number of pyridine rings is 1. The monoisotopic (exact) mass is 357 g/mol. The van der Waals surface area contributed by atoms with Crippen molar-refractivity contribution in [1.82, 2.24) is 10.4 Å². The summed E-state index contributed by atoms with van der Waals surface area (Å²) in [5, 5.41) is 1.45. The van der Waals surface area contributed by atoms with Gasteiger partial charge in [0.1, 0.15) is 0 Å². The Balaban J connectivity index is 1.79. The fourth-order valence-electron chi connectivity index (χ4n) is 2.40. The van der Waals surface area contributed by atoms with Crippen molar-refractivity contribution in [2.75, 3.05) is 19.6 Å². The maximum Gasteiger partial charge on any atom is 0.269 e. The number of carbonyl (C=O) groups is 1. The fourth-order valence-corrected chi connectivity index (χ4v) is 2.57. The summed E-state index contributed by atoms with van der Waals surface area (Å²) >= 11 is 5.98. The summed E-state index contributed by atoms with van der Waals surface area (Å²) in [4.78, 5) is 16.6. The van der Waals surface area contributed by atoms with Gasteiger partial charge in [0, 0.05) is 22.2 Å². The third-order valence-electron chi connectivity index (χ3n) is 3.66. The van der Waals surface area contributed by atoms with Crippen LogP contribution in [0.5, 0.6) is 11.5 Å². The molecule has 0 aliphatic heterocycles. The Morgan fingerprint density at radius 1 is 1.04 bits per heavy atom. The minimum Gasteiger partial charge on any atom is -0.493 e. The van der Waals surface area contributed by atoms with Gasteiger partial charge in [-0.25, -0.2) is 0 Å². The molecular formula is C18H16ClN3O3. The Morgan fingerprint density at radius 2 is 1.84 bits per heavy atom. The molecule has 0 aliphatic carbocycles. The van der Waals surface area contributed by atoms with Crippen molar-refractivity contribution in [3.05, 3.63) is 59.2 Å². The zero-order valence-corrected chi connectivity index (χ0v) is 14.4. The molecule has 25 heavy (non-hydrogen) atoms. The highest BCUT2D eigenvalue weighted by molar-refractivity contribution is 6.31. The van der Waals surface area contributed by atoms with Crippen molar-refractivity contribution in [3.8, 4) is 11.5 Å². The second-order valence-electron chi connectivity index (χ2n) is 5.17. The molecule has 0 saturated heterocycles. The number of hydrogen-bond donors (Lipinski definition) is 2. The van der Waals surface area contributed by atoms with E-state index >= 15 is 0 Å². The molecule has 1 heterocycles. The van der Waals surface area contributed by atoms with Crippen molar-refractivity contribution in [2.45, 2.75) is 0 Å². The molecule has 128 valence electrons. The van der Waals surface area contributed by atoms with Crippen LogP contribution in [0.15, 0.2) is 48.7 Å². The molecule has 0 radical (unpaired) electrons. The van der Waals surface area contributed by atoms with Crippen LogP contribution in [0.4, 0.5) is 5.69 Å². The summed E-state index contributed by atoms with van der Waals surface area (Å²) in [5.74, 6) is 0.739. The van der Waals surface area contributed by atoms with Crippen LogP contribution in [0.2, 0.25) is 5.02 Å². The van der Waals surface area contributed by atoms with E-state index in [1.807, 2.05) is 6.07 Å². The number of fused-ring (bicyclic) bond motifs is 1. The average molecular weight is 358 g/mol. The normalized spacial score (nSPS) is 10.4. The van der Waals surface area contributed by atoms with Crippen molar-refractivity contribution in [1.29, 1.82) is 0 Å². The highest BCUT2D eigenvalue weighted by atomic mass is 35.5. The van der Waals surface area contributed by atoms with Crippen LogP contribution < -0.4 is 20.3 Å². The zero-order chi connectivity index (χ0) is 17.8. The van der Waals surface area contributed by atoms with Gasteiger partial charge in [0.15, 0.2) is 11.5 Å². The summed E-state index contributed by atoms with van der Waals surface area (Å²) in [6, 6.07) is 12.1. The lowest BCUT2D eigenvalue weighted by atomic mass is 10.2. The summed E-state index contributed by atoms with van der Waals surface area (Å²) in [7, 11) is 3.06. The first-order chi connectivity index (χ1) is 12.1. The highest BCUT2D eigenvalue weighted by Gasteiger charge is 2.11. The number of ether oxygens (including phenoxy) is 2. The van der Waals surface area contributed by atoms with E-state index in [1.54, 1.807) is 49.7 Å². The number of aromatic nitrogens is 1. The van der Waals surface area contributed by atoms with Crippen LogP contribution in [0.1, 0.15) is 10.4 Å². The maximum atomic E-state index is 12.4. The molecule has 3 aromatic rings. The SMILES string of the molecule is COc1ccc(C(=O)NNc2ccnc3cc(Cl)ccc23)cc1OC. The first-order valence-corrected chi connectivity index (χ1v) is 7.83. The van der Waals surface area contributed by atoms with Gasteiger partial charge in [0.05, 0.1) is 25.4 Å². The zero-order valence-electron chi connectivity index (χ0n) is 13.7. The first kappa shape index (κ1) is 16.9. The Labute approximate surface area is 149 Å². The van der Waals surface area contributed by atoms with E-state index in [-0.39, 0.29) is 5.91 Å². The van der Waals surface area contributed by atoms with Gasteiger partial charge in [-0.3, -0.25) is 20.6 Å². The van der Waals surface area contributed by atoms with Gasteiger partial charge in [0.25, 0.3) is 5.91 Å². The molecule has 0 atom stereocenters. The number of rotatable bonds is 5. The number of nitrogens with one attached hydrogen (secondary N) is 2. The number of hydrogen-bond acceptors (Lipinski definition) is 5. The van der Waals surface area contributed by atoms with Gasteiger partial charge in [-0.05, 0) is 42.5 Å². The van der Waals surface area contributed by atoms with Crippen molar-refractivity contribution in [3.63, 3.8) is 0 Å². The number of benzene rings is 2. The smallest absolute Gasteiger partial charge is 0.269 e. The Hall–Kier alpha value is -2.99. The number of halogens is 1. The Bertz CT molecular complexity index is 931. The van der Waals surface area contributed by atoms with Gasteiger partial charge in [-0.1, -0.05) is 11.6 Å². The lowest BCUT2D eigenvalue weighted by molar-refractivity contribution is 0.0962. The molecule has 0 bridgehead atoms. The molecular weight excluding hydrogens is 342 g/mol. The van der Waals surface area contributed by atoms with Crippen LogP contribution in [0, 0.1) is 0 Å². The minimum absolute atomic E-state index is 0.306. The number of carbonyl (C=O) groups excluding carboxylic acids is 1. The number of hydrazine groups is 1. The molecule has 0 aliphatic rings. The molecule has 0 spiro atoms. The van der Waals surface area contributed by atoms with E-state index in [1.165, 1.54) is 7.11 Å².